The summed E-state index contributed by atoms with van der Waals surface area (Å²) in [5, 5.41) is 12.8. The second kappa shape index (κ2) is 10.3. The van der Waals surface area contributed by atoms with Crippen LogP contribution in [0.3, 0.4) is 0 Å². The number of nitrogens with zero attached hydrogens (tertiary/aromatic N) is 2. The topological polar surface area (TPSA) is 184 Å². The number of nitrogen functional groups attached to an aromatic ring is 2. The number of pyridine rings is 1. The van der Waals surface area contributed by atoms with Crippen molar-refractivity contribution < 1.29 is 28.3 Å². The number of amides is 1. The third-order valence-electron chi connectivity index (χ3n) is 5.30. The average Bonchev–Trinajstić information content (AvgIpc) is 3.57. The monoisotopic (exact) mass is 539 g/mol. The Morgan fingerprint density at radius 1 is 1.14 bits per heavy atom. The van der Waals surface area contributed by atoms with E-state index in [1.807, 2.05) is 6.07 Å². The van der Waals surface area contributed by atoms with Crippen molar-refractivity contribution in [3.05, 3.63) is 44.8 Å². The molecule has 0 saturated heterocycles. The molecule has 0 fully saturated rings. The molecule has 0 aromatic carbocycles. The van der Waals surface area contributed by atoms with Gasteiger partial charge < -0.3 is 30.7 Å². The molecular formula is C24H21N5O6S2. The Morgan fingerprint density at radius 3 is 2.46 bits per heavy atom. The van der Waals surface area contributed by atoms with Crippen molar-refractivity contribution in [1.29, 1.82) is 5.26 Å². The second-order valence-electron chi connectivity index (χ2n) is 7.52. The van der Waals surface area contributed by atoms with Crippen LogP contribution < -0.4 is 16.8 Å². The first-order valence-corrected chi connectivity index (χ1v) is 12.6. The standard InChI is InChI=1S/C24H21N5O6S2/c1-4-33-23(31)13-10(3)17(24(32)34-5-2)36-21(13)29-20(30)18-16(26)15-14(12-7-6-8-35-12)11(9-25)19(27)28-22(15)37-18/h6-8H,4-5,26H2,1-3H3,(H2,27,28)(H,29,30). The fourth-order valence-corrected chi connectivity index (χ4v) is 5.81. The molecule has 4 aromatic heterocycles. The number of hydrogen-bond donors (Lipinski definition) is 3. The van der Waals surface area contributed by atoms with Crippen molar-refractivity contribution in [3.63, 3.8) is 0 Å². The number of fused-ring (bicyclic) bond motifs is 1. The molecule has 0 aliphatic rings. The first-order valence-electron chi connectivity index (χ1n) is 11.0. The number of nitriles is 1. The van der Waals surface area contributed by atoms with Crippen LogP contribution in [0, 0.1) is 18.3 Å². The SMILES string of the molecule is CCOC(=O)c1sc(NC(=O)c2sc3nc(N)c(C#N)c(-c4ccco4)c3c2N)c(C(=O)OCC)c1C. The average molecular weight is 540 g/mol. The highest BCUT2D eigenvalue weighted by Gasteiger charge is 2.30. The maximum Gasteiger partial charge on any atom is 0.348 e. The fourth-order valence-electron chi connectivity index (χ4n) is 3.72. The van der Waals surface area contributed by atoms with Crippen LogP contribution >= 0.6 is 22.7 Å². The lowest BCUT2D eigenvalue weighted by molar-refractivity contribution is 0.0527. The summed E-state index contributed by atoms with van der Waals surface area (Å²) in [6, 6.07) is 5.31. The van der Waals surface area contributed by atoms with E-state index in [1.165, 1.54) is 6.26 Å². The number of carbonyl (C=O) groups is 3. The van der Waals surface area contributed by atoms with Crippen molar-refractivity contribution in [1.82, 2.24) is 4.98 Å². The van der Waals surface area contributed by atoms with Crippen LogP contribution in [0.1, 0.15) is 54.7 Å². The minimum atomic E-state index is -0.695. The number of anilines is 3. The molecule has 37 heavy (non-hydrogen) atoms. The molecule has 11 nitrogen and oxygen atoms in total. The molecule has 0 aliphatic carbocycles. The van der Waals surface area contributed by atoms with E-state index in [9.17, 15) is 19.6 Å². The van der Waals surface area contributed by atoms with Crippen molar-refractivity contribution in [3.8, 4) is 17.4 Å². The molecule has 0 unspecified atom stereocenters. The van der Waals surface area contributed by atoms with Gasteiger partial charge in [-0.2, -0.15) is 5.26 Å². The number of hydrogen-bond acceptors (Lipinski definition) is 12. The van der Waals surface area contributed by atoms with Gasteiger partial charge in [0.05, 0.1) is 36.3 Å². The summed E-state index contributed by atoms with van der Waals surface area (Å²) in [7, 11) is 0. The van der Waals surface area contributed by atoms with Crippen LogP contribution in [0.4, 0.5) is 16.5 Å². The van der Waals surface area contributed by atoms with E-state index in [1.54, 1.807) is 32.9 Å². The van der Waals surface area contributed by atoms with E-state index in [0.29, 0.717) is 27.1 Å². The minimum Gasteiger partial charge on any atom is -0.464 e. The zero-order valence-electron chi connectivity index (χ0n) is 20.0. The van der Waals surface area contributed by atoms with E-state index >= 15 is 0 Å². The lowest BCUT2D eigenvalue weighted by Crippen LogP contribution is -2.15. The van der Waals surface area contributed by atoms with Crippen LogP contribution in [0.15, 0.2) is 22.8 Å². The van der Waals surface area contributed by atoms with Gasteiger partial charge in [0.1, 0.15) is 42.8 Å². The zero-order valence-corrected chi connectivity index (χ0v) is 21.6. The molecule has 5 N–H and O–H groups in total. The summed E-state index contributed by atoms with van der Waals surface area (Å²) < 4.78 is 15.7. The predicted octanol–water partition coefficient (Wildman–Crippen LogP) is 4.57. The number of nitrogens with two attached hydrogens (primary N) is 2. The van der Waals surface area contributed by atoms with E-state index in [-0.39, 0.29) is 50.6 Å². The Balaban J connectivity index is 1.83. The van der Waals surface area contributed by atoms with E-state index in [4.69, 9.17) is 25.4 Å². The number of esters is 2. The Labute approximate surface area is 218 Å². The van der Waals surface area contributed by atoms with Crippen LogP contribution in [0.25, 0.3) is 21.5 Å². The molecule has 4 aromatic rings. The summed E-state index contributed by atoms with van der Waals surface area (Å²) in [6.07, 6.45) is 1.44. The van der Waals surface area contributed by atoms with Gasteiger partial charge >= 0.3 is 11.9 Å². The summed E-state index contributed by atoms with van der Waals surface area (Å²) >= 11 is 1.86. The smallest absolute Gasteiger partial charge is 0.348 e. The van der Waals surface area contributed by atoms with Crippen LogP contribution in [-0.4, -0.2) is 36.0 Å². The maximum atomic E-state index is 13.4. The van der Waals surface area contributed by atoms with Gasteiger partial charge in [0.2, 0.25) is 0 Å². The van der Waals surface area contributed by atoms with Gasteiger partial charge in [0, 0.05) is 5.39 Å². The normalized spacial score (nSPS) is 10.8. The minimum absolute atomic E-state index is 0.0350. The van der Waals surface area contributed by atoms with Crippen molar-refractivity contribution in [2.45, 2.75) is 20.8 Å². The molecule has 0 saturated carbocycles. The molecule has 0 spiro atoms. The van der Waals surface area contributed by atoms with Gasteiger partial charge in [-0.05, 0) is 38.5 Å². The van der Waals surface area contributed by atoms with Crippen LogP contribution in [-0.2, 0) is 9.47 Å². The Morgan fingerprint density at radius 2 is 1.84 bits per heavy atom. The van der Waals surface area contributed by atoms with Crippen molar-refractivity contribution in [2.75, 3.05) is 30.0 Å². The molecule has 190 valence electrons. The van der Waals surface area contributed by atoms with Crippen LogP contribution in [0.2, 0.25) is 0 Å². The molecule has 0 bridgehead atoms. The number of thiophene rings is 2. The van der Waals surface area contributed by atoms with E-state index in [2.05, 4.69) is 10.3 Å². The van der Waals surface area contributed by atoms with E-state index < -0.39 is 17.8 Å². The molecule has 0 atom stereocenters. The summed E-state index contributed by atoms with van der Waals surface area (Å²) in [6.45, 7) is 5.12. The lowest BCUT2D eigenvalue weighted by atomic mass is 10.0. The van der Waals surface area contributed by atoms with Gasteiger partial charge in [0.25, 0.3) is 5.91 Å². The highest BCUT2D eigenvalue weighted by Crippen LogP contribution is 2.43. The Bertz CT molecular complexity index is 1580. The first-order chi connectivity index (χ1) is 17.7. The van der Waals surface area contributed by atoms with Gasteiger partial charge in [-0.25, -0.2) is 14.6 Å². The fraction of sp³-hybridized carbons (Fsp3) is 0.208. The van der Waals surface area contributed by atoms with Gasteiger partial charge in [-0.3, -0.25) is 4.79 Å². The molecular weight excluding hydrogens is 518 g/mol. The highest BCUT2D eigenvalue weighted by atomic mass is 32.1. The molecule has 4 rings (SSSR count). The third-order valence-corrected chi connectivity index (χ3v) is 7.59. The number of aromatic nitrogens is 1. The lowest BCUT2D eigenvalue weighted by Gasteiger charge is -2.07. The number of furan rings is 1. The van der Waals surface area contributed by atoms with Crippen LogP contribution in [0.5, 0.6) is 0 Å². The van der Waals surface area contributed by atoms with Gasteiger partial charge in [-0.15, -0.1) is 22.7 Å². The Kier molecular flexibility index (Phi) is 7.14. The van der Waals surface area contributed by atoms with Crippen molar-refractivity contribution >= 4 is 67.2 Å². The molecule has 13 heteroatoms. The Hall–Kier alpha value is -4.41. The molecule has 1 amide bonds. The summed E-state index contributed by atoms with van der Waals surface area (Å²) in [4.78, 5) is 43.3. The van der Waals surface area contributed by atoms with Crippen molar-refractivity contribution in [2.24, 2.45) is 0 Å². The molecule has 0 aliphatic heterocycles. The second-order valence-corrected chi connectivity index (χ2v) is 9.54. The summed E-state index contributed by atoms with van der Waals surface area (Å²) in [5.41, 5.74) is 13.2. The molecule has 0 radical (unpaired) electrons. The number of nitrogens with one attached hydrogen (secondary N) is 1. The number of ether oxygens (including phenoxy) is 2. The predicted molar refractivity (Wildman–Crippen MR) is 140 cm³/mol. The first kappa shape index (κ1) is 25.7. The van der Waals surface area contributed by atoms with Gasteiger partial charge in [-0.1, -0.05) is 0 Å². The third kappa shape index (κ3) is 4.48. The van der Waals surface area contributed by atoms with Gasteiger partial charge in [0.15, 0.2) is 0 Å². The highest BCUT2D eigenvalue weighted by molar-refractivity contribution is 7.22. The van der Waals surface area contributed by atoms with E-state index in [0.717, 1.165) is 22.7 Å². The number of carbonyl (C=O) groups excluding carboxylic acids is 3. The number of rotatable bonds is 7. The quantitative estimate of drug-likeness (QED) is 0.281. The zero-order chi connectivity index (χ0) is 26.9. The summed E-state index contributed by atoms with van der Waals surface area (Å²) in [5.74, 6) is -1.66. The molecule has 4 heterocycles. The maximum absolute atomic E-state index is 13.4. The largest absolute Gasteiger partial charge is 0.464 e.